The maximum absolute atomic E-state index is 13.7. The number of ether oxygens (including phenoxy) is 1. The zero-order valence-electron chi connectivity index (χ0n) is 15.0. The van der Waals surface area contributed by atoms with E-state index in [9.17, 15) is 9.18 Å². The standard InChI is InChI=1S/C20H24ClFN2O2/c1-13(2)10-19(20(23)25)24-11-14-6-8-15(9-7-14)26-12-16-17(21)4-3-5-18(16)22/h3-9,13,19,24H,10-12H2,1-2H3,(H2,23,25). The van der Waals surface area contributed by atoms with E-state index in [-0.39, 0.29) is 24.4 Å². The fourth-order valence-corrected chi connectivity index (χ4v) is 2.76. The minimum atomic E-state index is -0.388. The third-order valence-electron chi connectivity index (χ3n) is 3.97. The summed E-state index contributed by atoms with van der Waals surface area (Å²) in [6.45, 7) is 4.68. The van der Waals surface area contributed by atoms with E-state index in [4.69, 9.17) is 22.1 Å². The van der Waals surface area contributed by atoms with Crippen molar-refractivity contribution in [2.45, 2.75) is 39.5 Å². The number of benzene rings is 2. The van der Waals surface area contributed by atoms with E-state index < -0.39 is 0 Å². The van der Waals surface area contributed by atoms with Crippen LogP contribution in [-0.2, 0) is 17.9 Å². The minimum absolute atomic E-state index is 0.0568. The number of primary amides is 1. The molecule has 1 atom stereocenters. The molecule has 0 radical (unpaired) electrons. The minimum Gasteiger partial charge on any atom is -0.489 e. The lowest BCUT2D eigenvalue weighted by atomic mass is 10.0. The number of hydrogen-bond donors (Lipinski definition) is 2. The zero-order valence-corrected chi connectivity index (χ0v) is 15.7. The Morgan fingerprint density at radius 1 is 1.23 bits per heavy atom. The second kappa shape index (κ2) is 9.55. The highest BCUT2D eigenvalue weighted by atomic mass is 35.5. The molecule has 0 heterocycles. The van der Waals surface area contributed by atoms with Crippen molar-refractivity contribution in [1.82, 2.24) is 5.32 Å². The summed E-state index contributed by atoms with van der Waals surface area (Å²) < 4.78 is 19.3. The van der Waals surface area contributed by atoms with E-state index in [1.165, 1.54) is 6.07 Å². The third-order valence-corrected chi connectivity index (χ3v) is 4.33. The number of carbonyl (C=O) groups excluding carboxylic acids is 1. The lowest BCUT2D eigenvalue weighted by molar-refractivity contribution is -0.120. The number of amides is 1. The number of nitrogens with one attached hydrogen (secondary N) is 1. The zero-order chi connectivity index (χ0) is 19.1. The molecule has 0 saturated heterocycles. The van der Waals surface area contributed by atoms with Crippen LogP contribution in [0.3, 0.4) is 0 Å². The Hall–Kier alpha value is -2.11. The molecule has 140 valence electrons. The van der Waals surface area contributed by atoms with Gasteiger partial charge in [0.1, 0.15) is 18.2 Å². The molecule has 2 rings (SSSR count). The van der Waals surface area contributed by atoms with Gasteiger partial charge >= 0.3 is 0 Å². The first-order chi connectivity index (χ1) is 12.4. The molecule has 2 aromatic carbocycles. The second-order valence-electron chi connectivity index (χ2n) is 6.60. The second-order valence-corrected chi connectivity index (χ2v) is 7.01. The van der Waals surface area contributed by atoms with Crippen LogP contribution in [-0.4, -0.2) is 11.9 Å². The molecule has 3 N–H and O–H groups in total. The average molecular weight is 379 g/mol. The maximum atomic E-state index is 13.7. The van der Waals surface area contributed by atoms with Crippen LogP contribution >= 0.6 is 11.6 Å². The lowest BCUT2D eigenvalue weighted by Crippen LogP contribution is -2.41. The van der Waals surface area contributed by atoms with Crippen LogP contribution in [0.1, 0.15) is 31.4 Å². The highest BCUT2D eigenvalue weighted by molar-refractivity contribution is 6.31. The summed E-state index contributed by atoms with van der Waals surface area (Å²) in [5, 5.41) is 3.52. The number of nitrogens with two attached hydrogens (primary N) is 1. The molecule has 0 fully saturated rings. The van der Waals surface area contributed by atoms with Gasteiger partial charge in [0.05, 0.1) is 11.1 Å². The Balaban J connectivity index is 1.90. The predicted molar refractivity (Wildman–Crippen MR) is 101 cm³/mol. The van der Waals surface area contributed by atoms with Crippen LogP contribution < -0.4 is 15.8 Å². The van der Waals surface area contributed by atoms with Crippen LogP contribution in [0.5, 0.6) is 5.75 Å². The summed E-state index contributed by atoms with van der Waals surface area (Å²) in [4.78, 5) is 11.5. The lowest BCUT2D eigenvalue weighted by Gasteiger charge is -2.17. The molecule has 0 aliphatic heterocycles. The Morgan fingerprint density at radius 3 is 2.50 bits per heavy atom. The van der Waals surface area contributed by atoms with Crippen LogP contribution in [0.25, 0.3) is 0 Å². The molecule has 0 bridgehead atoms. The molecular weight excluding hydrogens is 355 g/mol. The highest BCUT2D eigenvalue weighted by Crippen LogP contribution is 2.21. The molecule has 0 aliphatic rings. The van der Waals surface area contributed by atoms with Gasteiger partial charge in [-0.2, -0.15) is 0 Å². The third kappa shape index (κ3) is 6.00. The van der Waals surface area contributed by atoms with Gasteiger partial charge in [-0.15, -0.1) is 0 Å². The monoisotopic (exact) mass is 378 g/mol. The summed E-state index contributed by atoms with van der Waals surface area (Å²) in [6, 6.07) is 11.6. The van der Waals surface area contributed by atoms with Crippen molar-refractivity contribution in [3.8, 4) is 5.75 Å². The van der Waals surface area contributed by atoms with E-state index in [1.807, 2.05) is 26.0 Å². The van der Waals surface area contributed by atoms with Gasteiger partial charge in [-0.25, -0.2) is 4.39 Å². The fraction of sp³-hybridized carbons (Fsp3) is 0.350. The summed E-state index contributed by atoms with van der Waals surface area (Å²) >= 11 is 5.99. The summed E-state index contributed by atoms with van der Waals surface area (Å²) in [7, 11) is 0. The van der Waals surface area contributed by atoms with Crippen LogP contribution in [0.2, 0.25) is 5.02 Å². The van der Waals surface area contributed by atoms with Gasteiger partial charge in [-0.05, 0) is 42.2 Å². The van der Waals surface area contributed by atoms with E-state index in [0.717, 1.165) is 5.56 Å². The molecule has 26 heavy (non-hydrogen) atoms. The highest BCUT2D eigenvalue weighted by Gasteiger charge is 2.16. The number of hydrogen-bond acceptors (Lipinski definition) is 3. The topological polar surface area (TPSA) is 64.3 Å². The van der Waals surface area contributed by atoms with Crippen molar-refractivity contribution in [3.05, 3.63) is 64.4 Å². The smallest absolute Gasteiger partial charge is 0.234 e. The predicted octanol–water partition coefficient (Wildman–Crippen LogP) is 4.05. The van der Waals surface area contributed by atoms with Crippen LogP contribution in [0, 0.1) is 11.7 Å². The van der Waals surface area contributed by atoms with Gasteiger partial charge in [-0.1, -0.05) is 43.6 Å². The molecule has 2 aromatic rings. The molecule has 0 saturated carbocycles. The Kier molecular flexibility index (Phi) is 7.42. The van der Waals surface area contributed by atoms with Crippen molar-refractivity contribution < 1.29 is 13.9 Å². The fourth-order valence-electron chi connectivity index (χ4n) is 2.54. The molecule has 1 unspecified atom stereocenters. The Morgan fingerprint density at radius 2 is 1.92 bits per heavy atom. The van der Waals surface area contributed by atoms with Crippen molar-refractivity contribution in [3.63, 3.8) is 0 Å². The van der Waals surface area contributed by atoms with Gasteiger partial charge in [-0.3, -0.25) is 4.79 Å². The first kappa shape index (κ1) is 20.2. The van der Waals surface area contributed by atoms with Gasteiger partial charge in [0, 0.05) is 12.1 Å². The van der Waals surface area contributed by atoms with Gasteiger partial charge in [0.15, 0.2) is 0 Å². The molecule has 0 aliphatic carbocycles. The van der Waals surface area contributed by atoms with Crippen LogP contribution in [0.15, 0.2) is 42.5 Å². The van der Waals surface area contributed by atoms with Crippen molar-refractivity contribution >= 4 is 17.5 Å². The van der Waals surface area contributed by atoms with E-state index in [0.29, 0.717) is 35.2 Å². The van der Waals surface area contributed by atoms with Crippen molar-refractivity contribution in [2.24, 2.45) is 11.7 Å². The molecule has 1 amide bonds. The number of halogens is 2. The average Bonchev–Trinajstić information content (AvgIpc) is 2.58. The molecule has 6 heteroatoms. The van der Waals surface area contributed by atoms with Gasteiger partial charge in [0.2, 0.25) is 5.91 Å². The first-order valence-electron chi connectivity index (χ1n) is 8.54. The molecule has 0 spiro atoms. The van der Waals surface area contributed by atoms with E-state index in [1.54, 1.807) is 24.3 Å². The number of rotatable bonds is 9. The Bertz CT molecular complexity index is 715. The summed E-state index contributed by atoms with van der Waals surface area (Å²) in [5.74, 6) is 0.254. The van der Waals surface area contributed by atoms with Crippen LogP contribution in [0.4, 0.5) is 4.39 Å². The van der Waals surface area contributed by atoms with Gasteiger partial charge in [0.25, 0.3) is 0 Å². The largest absolute Gasteiger partial charge is 0.489 e. The maximum Gasteiger partial charge on any atom is 0.234 e. The Labute approximate surface area is 158 Å². The van der Waals surface area contributed by atoms with Crippen molar-refractivity contribution in [2.75, 3.05) is 0 Å². The normalized spacial score (nSPS) is 12.2. The quantitative estimate of drug-likeness (QED) is 0.691. The van der Waals surface area contributed by atoms with E-state index >= 15 is 0 Å². The van der Waals surface area contributed by atoms with Gasteiger partial charge < -0.3 is 15.8 Å². The first-order valence-corrected chi connectivity index (χ1v) is 8.92. The van der Waals surface area contributed by atoms with E-state index in [2.05, 4.69) is 5.32 Å². The molecular formula is C20H24ClFN2O2. The molecule has 0 aromatic heterocycles. The molecule has 4 nitrogen and oxygen atoms in total. The number of carbonyl (C=O) groups is 1. The summed E-state index contributed by atoms with van der Waals surface area (Å²) in [6.07, 6.45) is 0.694. The SMILES string of the molecule is CC(C)CC(NCc1ccc(OCc2c(F)cccc2Cl)cc1)C(N)=O. The summed E-state index contributed by atoms with van der Waals surface area (Å²) in [5.41, 5.74) is 6.76. The van der Waals surface area contributed by atoms with Crippen molar-refractivity contribution in [1.29, 1.82) is 0 Å².